The van der Waals surface area contributed by atoms with Gasteiger partial charge in [0.2, 0.25) is 27.6 Å². The van der Waals surface area contributed by atoms with Crippen molar-refractivity contribution in [2.45, 2.75) is 50.5 Å². The SMILES string of the molecule is CC(C)(C)c1ccc(-c2noc(CNC(=O)C3CCN(S(=O)(=O)c4ccccc4)CC3)n2)cc1. The normalized spacial score (nSPS) is 15.9. The van der Waals surface area contributed by atoms with Crippen molar-refractivity contribution in [1.82, 2.24) is 19.8 Å². The van der Waals surface area contributed by atoms with Crippen LogP contribution in [0, 0.1) is 5.92 Å². The average molecular weight is 483 g/mol. The molecule has 0 saturated carbocycles. The zero-order valence-corrected chi connectivity index (χ0v) is 20.5. The number of amides is 1. The lowest BCUT2D eigenvalue weighted by Gasteiger charge is -2.30. The molecule has 1 aliphatic heterocycles. The lowest BCUT2D eigenvalue weighted by atomic mass is 9.87. The summed E-state index contributed by atoms with van der Waals surface area (Å²) < 4.78 is 32.3. The molecule has 8 nitrogen and oxygen atoms in total. The number of carbonyl (C=O) groups is 1. The predicted molar refractivity (Wildman–Crippen MR) is 128 cm³/mol. The second-order valence-electron chi connectivity index (χ2n) is 9.55. The van der Waals surface area contributed by atoms with Crippen LogP contribution in [0.25, 0.3) is 11.4 Å². The number of piperidine rings is 1. The molecule has 3 aromatic rings. The van der Waals surface area contributed by atoms with Crippen LogP contribution in [0.15, 0.2) is 64.0 Å². The second-order valence-corrected chi connectivity index (χ2v) is 11.5. The van der Waals surface area contributed by atoms with Crippen LogP contribution in [0.2, 0.25) is 0 Å². The van der Waals surface area contributed by atoms with Gasteiger partial charge in [-0.1, -0.05) is 68.4 Å². The number of nitrogens with zero attached hydrogens (tertiary/aromatic N) is 3. The fraction of sp³-hybridized carbons (Fsp3) is 0.400. The molecule has 1 amide bonds. The molecule has 0 aliphatic carbocycles. The maximum Gasteiger partial charge on any atom is 0.246 e. The quantitative estimate of drug-likeness (QED) is 0.574. The maximum atomic E-state index is 12.8. The van der Waals surface area contributed by atoms with Gasteiger partial charge in [-0.2, -0.15) is 9.29 Å². The van der Waals surface area contributed by atoms with Crippen LogP contribution in [0.3, 0.4) is 0 Å². The summed E-state index contributed by atoms with van der Waals surface area (Å²) in [7, 11) is -3.53. The molecule has 0 unspecified atom stereocenters. The van der Waals surface area contributed by atoms with E-state index in [1.165, 1.54) is 9.87 Å². The highest BCUT2D eigenvalue weighted by atomic mass is 32.2. The minimum Gasteiger partial charge on any atom is -0.347 e. The number of nitrogens with one attached hydrogen (secondary N) is 1. The Balaban J connectivity index is 1.29. The molecule has 0 spiro atoms. The lowest BCUT2D eigenvalue weighted by Crippen LogP contribution is -2.42. The minimum atomic E-state index is -3.53. The summed E-state index contributed by atoms with van der Waals surface area (Å²) in [5.74, 6) is 0.414. The van der Waals surface area contributed by atoms with Gasteiger partial charge < -0.3 is 9.84 Å². The van der Waals surface area contributed by atoms with E-state index in [0.717, 1.165) is 5.56 Å². The first-order chi connectivity index (χ1) is 16.1. The van der Waals surface area contributed by atoms with Gasteiger partial charge in [0.05, 0.1) is 11.4 Å². The number of sulfonamides is 1. The molecular formula is C25H30N4O4S. The molecule has 1 N–H and O–H groups in total. The molecular weight excluding hydrogens is 452 g/mol. The summed E-state index contributed by atoms with van der Waals surface area (Å²) in [6.45, 7) is 7.22. The van der Waals surface area contributed by atoms with Gasteiger partial charge in [0.1, 0.15) is 0 Å². The summed E-state index contributed by atoms with van der Waals surface area (Å²) in [4.78, 5) is 17.3. The Kier molecular flexibility index (Phi) is 6.86. The molecule has 4 rings (SSSR count). The topological polar surface area (TPSA) is 105 Å². The van der Waals surface area contributed by atoms with E-state index < -0.39 is 10.0 Å². The monoisotopic (exact) mass is 482 g/mol. The van der Waals surface area contributed by atoms with Crippen molar-refractivity contribution in [3.63, 3.8) is 0 Å². The van der Waals surface area contributed by atoms with Crippen LogP contribution in [0.5, 0.6) is 0 Å². The van der Waals surface area contributed by atoms with Crippen LogP contribution >= 0.6 is 0 Å². The van der Waals surface area contributed by atoms with Gasteiger partial charge in [-0.3, -0.25) is 4.79 Å². The Labute approximate surface area is 200 Å². The molecule has 0 radical (unpaired) electrons. The predicted octanol–water partition coefficient (Wildman–Crippen LogP) is 3.75. The van der Waals surface area contributed by atoms with E-state index in [4.69, 9.17) is 4.52 Å². The number of benzene rings is 2. The highest BCUT2D eigenvalue weighted by Crippen LogP contribution is 2.26. The summed E-state index contributed by atoms with van der Waals surface area (Å²) >= 11 is 0. The third-order valence-corrected chi connectivity index (χ3v) is 8.01. The fourth-order valence-electron chi connectivity index (χ4n) is 3.97. The van der Waals surface area contributed by atoms with E-state index >= 15 is 0 Å². The van der Waals surface area contributed by atoms with E-state index in [2.05, 4.69) is 48.4 Å². The first kappa shape index (κ1) is 24.1. The Morgan fingerprint density at radius 1 is 1.06 bits per heavy atom. The van der Waals surface area contributed by atoms with Crippen LogP contribution < -0.4 is 5.32 Å². The first-order valence-electron chi connectivity index (χ1n) is 11.4. The Morgan fingerprint density at radius 2 is 1.71 bits per heavy atom. The Morgan fingerprint density at radius 3 is 2.32 bits per heavy atom. The van der Waals surface area contributed by atoms with Gasteiger partial charge in [-0.25, -0.2) is 8.42 Å². The molecule has 180 valence electrons. The van der Waals surface area contributed by atoms with Crippen molar-refractivity contribution >= 4 is 15.9 Å². The van der Waals surface area contributed by atoms with Gasteiger partial charge in [0, 0.05) is 24.6 Å². The van der Waals surface area contributed by atoms with Crippen LogP contribution in [-0.4, -0.2) is 41.9 Å². The van der Waals surface area contributed by atoms with Gasteiger partial charge in [0.15, 0.2) is 0 Å². The maximum absolute atomic E-state index is 12.8. The molecule has 2 aromatic carbocycles. The van der Waals surface area contributed by atoms with Gasteiger partial charge in [-0.05, 0) is 36.0 Å². The van der Waals surface area contributed by atoms with Crippen molar-refractivity contribution in [2.24, 2.45) is 5.92 Å². The van der Waals surface area contributed by atoms with E-state index in [0.29, 0.717) is 37.6 Å². The highest BCUT2D eigenvalue weighted by molar-refractivity contribution is 7.89. The van der Waals surface area contributed by atoms with Crippen molar-refractivity contribution in [3.05, 3.63) is 66.1 Å². The number of carbonyl (C=O) groups excluding carboxylic acids is 1. The van der Waals surface area contributed by atoms with Gasteiger partial charge in [0.25, 0.3) is 0 Å². The molecule has 2 heterocycles. The number of hydrogen-bond donors (Lipinski definition) is 1. The molecule has 1 saturated heterocycles. The number of aromatic nitrogens is 2. The third-order valence-electron chi connectivity index (χ3n) is 6.10. The molecule has 0 bridgehead atoms. The molecule has 9 heteroatoms. The molecule has 0 atom stereocenters. The molecule has 34 heavy (non-hydrogen) atoms. The van der Waals surface area contributed by atoms with E-state index in [9.17, 15) is 13.2 Å². The van der Waals surface area contributed by atoms with Gasteiger partial charge in [-0.15, -0.1) is 0 Å². The summed E-state index contributed by atoms with van der Waals surface area (Å²) in [5.41, 5.74) is 2.13. The lowest BCUT2D eigenvalue weighted by molar-refractivity contribution is -0.126. The summed E-state index contributed by atoms with van der Waals surface area (Å²) in [5, 5.41) is 6.87. The van der Waals surface area contributed by atoms with Crippen LogP contribution in [-0.2, 0) is 26.8 Å². The first-order valence-corrected chi connectivity index (χ1v) is 12.8. The standard InChI is InChI=1S/C25H30N4O4S/c1-25(2,3)20-11-9-18(10-12-20)23-27-22(33-28-23)17-26-24(30)19-13-15-29(16-14-19)34(31,32)21-7-5-4-6-8-21/h4-12,19H,13-17H2,1-3H3,(H,26,30). The van der Waals surface area contributed by atoms with Crippen LogP contribution in [0.4, 0.5) is 0 Å². The van der Waals surface area contributed by atoms with Crippen LogP contribution in [0.1, 0.15) is 45.1 Å². The highest BCUT2D eigenvalue weighted by Gasteiger charge is 2.32. The van der Waals surface area contributed by atoms with Crippen molar-refractivity contribution in [2.75, 3.05) is 13.1 Å². The van der Waals surface area contributed by atoms with E-state index in [1.54, 1.807) is 30.3 Å². The van der Waals surface area contributed by atoms with Crippen molar-refractivity contribution in [3.8, 4) is 11.4 Å². The Hall–Kier alpha value is -3.04. The zero-order valence-electron chi connectivity index (χ0n) is 19.7. The summed E-state index contributed by atoms with van der Waals surface area (Å²) in [6, 6.07) is 16.4. The molecule has 1 aliphatic rings. The zero-order chi connectivity index (χ0) is 24.3. The van der Waals surface area contributed by atoms with E-state index in [1.807, 2.05) is 12.1 Å². The molecule has 1 fully saturated rings. The average Bonchev–Trinajstić information content (AvgIpc) is 3.32. The fourth-order valence-corrected chi connectivity index (χ4v) is 5.46. The largest absolute Gasteiger partial charge is 0.347 e. The summed E-state index contributed by atoms with van der Waals surface area (Å²) in [6.07, 6.45) is 0.931. The van der Waals surface area contributed by atoms with Gasteiger partial charge >= 0.3 is 0 Å². The van der Waals surface area contributed by atoms with Crippen molar-refractivity contribution in [1.29, 1.82) is 0 Å². The third kappa shape index (κ3) is 5.37. The number of rotatable bonds is 6. The van der Waals surface area contributed by atoms with E-state index in [-0.39, 0.29) is 28.7 Å². The Bertz CT molecular complexity index is 1220. The smallest absolute Gasteiger partial charge is 0.246 e. The minimum absolute atomic E-state index is 0.0626. The van der Waals surface area contributed by atoms with Crippen molar-refractivity contribution < 1.29 is 17.7 Å². The molecule has 1 aromatic heterocycles. The second kappa shape index (κ2) is 9.68. The number of hydrogen-bond acceptors (Lipinski definition) is 6.